The van der Waals surface area contributed by atoms with Gasteiger partial charge in [-0.05, 0) is 31.2 Å². The molecule has 0 saturated heterocycles. The number of hydrogen-bond acceptors (Lipinski definition) is 4. The second kappa shape index (κ2) is 6.96. The number of hydrogen-bond donors (Lipinski definition) is 2. The molecule has 0 aromatic carbocycles. The molecule has 0 bridgehead atoms. The Kier molecular flexibility index (Phi) is 5.44. The lowest BCUT2D eigenvalue weighted by atomic mass is 9.96. The number of methoxy groups -OCH3 is 1. The number of anilines is 1. The van der Waals surface area contributed by atoms with Crippen LogP contribution in [0.1, 0.15) is 28.8 Å². The Morgan fingerprint density at radius 2 is 1.73 bits per heavy atom. The van der Waals surface area contributed by atoms with Gasteiger partial charge < -0.3 is 4.74 Å². The van der Waals surface area contributed by atoms with Gasteiger partial charge in [0.1, 0.15) is 11.1 Å². The largest absolute Gasteiger partial charge is 0.446 e. The zero-order valence-electron chi connectivity index (χ0n) is 13.3. The summed E-state index contributed by atoms with van der Waals surface area (Å²) in [4.78, 5) is 12.6. The number of ether oxygens (including phenoxy) is 1. The number of urea groups is 1. The monoisotopic (exact) mass is 401 g/mol. The van der Waals surface area contributed by atoms with Gasteiger partial charge >= 0.3 is 24.1 Å². The first-order chi connectivity index (χ1) is 12.0. The van der Waals surface area contributed by atoms with Crippen LogP contribution in [0.15, 0.2) is 0 Å². The number of fused-ring (bicyclic) bond motifs is 1. The highest BCUT2D eigenvalue weighted by molar-refractivity contribution is 7.16. The molecule has 0 unspecified atom stereocenters. The molecule has 0 atom stereocenters. The summed E-state index contributed by atoms with van der Waals surface area (Å²) in [6, 6.07) is 0.0577. The summed E-state index contributed by atoms with van der Waals surface area (Å²) in [5, 5.41) is 11.9. The van der Waals surface area contributed by atoms with Gasteiger partial charge in [-0.25, -0.2) is 4.79 Å². The minimum absolute atomic E-state index is 0.0573. The predicted octanol–water partition coefficient (Wildman–Crippen LogP) is 4.09. The highest BCUT2D eigenvalue weighted by Gasteiger charge is 2.73. The van der Waals surface area contributed by atoms with Crippen molar-refractivity contribution in [3.63, 3.8) is 0 Å². The molecule has 5 nitrogen and oxygen atoms in total. The molecule has 0 radical (unpaired) electrons. The number of nitriles is 1. The number of thiophene rings is 1. The summed E-state index contributed by atoms with van der Waals surface area (Å²) in [7, 11) is 0.186. The molecule has 1 aromatic heterocycles. The van der Waals surface area contributed by atoms with E-state index in [-0.39, 0.29) is 17.7 Å². The fourth-order valence-corrected chi connectivity index (χ4v) is 3.89. The van der Waals surface area contributed by atoms with Gasteiger partial charge in [0.25, 0.3) is 0 Å². The molecule has 26 heavy (non-hydrogen) atoms. The molecular formula is C14H13F6N3O2S. The number of carbonyl (C=O) groups is 1. The third-order valence-corrected chi connectivity index (χ3v) is 5.11. The molecular weight excluding hydrogens is 388 g/mol. The van der Waals surface area contributed by atoms with E-state index in [4.69, 9.17) is 0 Å². The molecule has 1 aliphatic carbocycles. The Balaban J connectivity index is 2.30. The quantitative estimate of drug-likeness (QED) is 0.592. The molecule has 12 heteroatoms. The maximum Gasteiger partial charge on any atom is 0.446 e. The van der Waals surface area contributed by atoms with E-state index in [9.17, 15) is 36.4 Å². The summed E-state index contributed by atoms with van der Waals surface area (Å²) < 4.78 is 81.4. The predicted molar refractivity (Wildman–Crippen MR) is 79.7 cm³/mol. The van der Waals surface area contributed by atoms with Crippen LogP contribution >= 0.6 is 11.3 Å². The van der Waals surface area contributed by atoms with Gasteiger partial charge in [-0.2, -0.15) is 31.6 Å². The van der Waals surface area contributed by atoms with Crippen LogP contribution in [0.3, 0.4) is 0 Å². The van der Waals surface area contributed by atoms with Gasteiger partial charge in [0.15, 0.2) is 0 Å². The lowest BCUT2D eigenvalue weighted by Crippen LogP contribution is -2.69. The minimum Gasteiger partial charge on any atom is -0.344 e. The van der Waals surface area contributed by atoms with Crippen LogP contribution in [0.4, 0.5) is 36.1 Å². The van der Waals surface area contributed by atoms with Crippen LogP contribution in [0, 0.1) is 11.3 Å². The zero-order chi connectivity index (χ0) is 19.8. The van der Waals surface area contributed by atoms with Crippen LogP contribution in [-0.2, 0) is 17.6 Å². The van der Waals surface area contributed by atoms with Crippen LogP contribution in [-0.4, -0.2) is 31.2 Å². The van der Waals surface area contributed by atoms with E-state index in [0.29, 0.717) is 18.4 Å². The average Bonchev–Trinajstić information content (AvgIpc) is 2.86. The Morgan fingerprint density at radius 3 is 2.23 bits per heavy atom. The molecule has 0 spiro atoms. The molecule has 0 aliphatic heterocycles. The Morgan fingerprint density at radius 1 is 1.15 bits per heavy atom. The third kappa shape index (κ3) is 3.45. The summed E-state index contributed by atoms with van der Waals surface area (Å²) in [6.07, 6.45) is -9.07. The summed E-state index contributed by atoms with van der Waals surface area (Å²) in [5.74, 6) is 0. The summed E-state index contributed by atoms with van der Waals surface area (Å²) in [6.45, 7) is 0. The van der Waals surface area contributed by atoms with Crippen molar-refractivity contribution in [2.75, 3.05) is 12.4 Å². The van der Waals surface area contributed by atoms with E-state index >= 15 is 0 Å². The van der Waals surface area contributed by atoms with Crippen molar-refractivity contribution in [3.05, 3.63) is 16.0 Å². The van der Waals surface area contributed by atoms with E-state index in [0.717, 1.165) is 34.4 Å². The molecule has 0 saturated carbocycles. The molecule has 2 amide bonds. The lowest BCUT2D eigenvalue weighted by molar-refractivity contribution is -0.381. The average molecular weight is 401 g/mol. The van der Waals surface area contributed by atoms with Crippen LogP contribution in [0.2, 0.25) is 0 Å². The van der Waals surface area contributed by atoms with Gasteiger partial charge in [0.05, 0.1) is 5.56 Å². The normalized spacial score (nSPS) is 15.2. The first kappa shape index (κ1) is 20.3. The number of alkyl halides is 6. The Hall–Kier alpha value is -2.00. The number of halogens is 6. The molecule has 144 valence electrons. The van der Waals surface area contributed by atoms with Crippen molar-refractivity contribution in [1.29, 1.82) is 5.26 Å². The molecule has 2 rings (SSSR count). The molecule has 2 N–H and O–H groups in total. The second-order valence-electron chi connectivity index (χ2n) is 5.49. The number of aryl methyl sites for hydroxylation is 1. The van der Waals surface area contributed by atoms with Gasteiger partial charge in [0, 0.05) is 12.0 Å². The van der Waals surface area contributed by atoms with Crippen LogP contribution in [0.25, 0.3) is 0 Å². The summed E-state index contributed by atoms with van der Waals surface area (Å²) >= 11 is 0.966. The van der Waals surface area contributed by atoms with Crippen molar-refractivity contribution in [2.24, 2.45) is 0 Å². The summed E-state index contributed by atoms with van der Waals surface area (Å²) in [5.41, 5.74) is -4.14. The Labute approximate surface area is 147 Å². The second-order valence-corrected chi connectivity index (χ2v) is 6.59. The number of rotatable bonds is 3. The number of nitrogens with zero attached hydrogens (tertiary/aromatic N) is 1. The minimum atomic E-state index is -5.95. The fourth-order valence-electron chi connectivity index (χ4n) is 2.65. The standard InChI is InChI=1S/C14H13F6N3O2S/c1-25-12(13(15,16)17,14(18,19)20)23-11(24)22-10-8(6-21)7-4-2-3-5-9(7)26-10/h2-5H2,1H3,(H2,22,23,24). The smallest absolute Gasteiger partial charge is 0.344 e. The first-order valence-electron chi connectivity index (χ1n) is 7.29. The van der Waals surface area contributed by atoms with Crippen molar-refractivity contribution >= 4 is 22.4 Å². The molecule has 1 aliphatic rings. The van der Waals surface area contributed by atoms with Crippen molar-refractivity contribution in [2.45, 2.75) is 43.8 Å². The van der Waals surface area contributed by atoms with Crippen molar-refractivity contribution in [3.8, 4) is 6.07 Å². The Bertz CT molecular complexity index is 721. The topological polar surface area (TPSA) is 74.2 Å². The zero-order valence-corrected chi connectivity index (χ0v) is 14.1. The number of amides is 2. The van der Waals surface area contributed by atoms with Crippen LogP contribution in [0.5, 0.6) is 0 Å². The highest BCUT2D eigenvalue weighted by Crippen LogP contribution is 2.44. The van der Waals surface area contributed by atoms with Crippen molar-refractivity contribution in [1.82, 2.24) is 5.32 Å². The van der Waals surface area contributed by atoms with E-state index in [1.165, 1.54) is 0 Å². The maximum atomic E-state index is 13.0. The molecule has 1 heterocycles. The lowest BCUT2D eigenvalue weighted by Gasteiger charge is -2.35. The number of carbonyl (C=O) groups excluding carboxylic acids is 1. The highest BCUT2D eigenvalue weighted by atomic mass is 32.1. The van der Waals surface area contributed by atoms with Gasteiger partial charge in [-0.1, -0.05) is 0 Å². The van der Waals surface area contributed by atoms with E-state index in [1.54, 1.807) is 0 Å². The number of nitrogens with one attached hydrogen (secondary N) is 2. The fraction of sp³-hybridized carbons (Fsp3) is 0.571. The van der Waals surface area contributed by atoms with Crippen molar-refractivity contribution < 1.29 is 35.9 Å². The third-order valence-electron chi connectivity index (χ3n) is 3.90. The van der Waals surface area contributed by atoms with Gasteiger partial charge in [-0.15, -0.1) is 11.3 Å². The van der Waals surface area contributed by atoms with E-state index < -0.39 is 24.1 Å². The van der Waals surface area contributed by atoms with Gasteiger partial charge in [0.2, 0.25) is 0 Å². The molecule has 0 fully saturated rings. The van der Waals surface area contributed by atoms with Gasteiger partial charge in [-0.3, -0.25) is 10.6 Å². The maximum absolute atomic E-state index is 13.0. The van der Waals surface area contributed by atoms with E-state index in [1.807, 2.05) is 11.4 Å². The SMILES string of the molecule is COC(NC(=O)Nc1sc2c(c1C#N)CCCC2)(C(F)(F)F)C(F)(F)F. The first-order valence-corrected chi connectivity index (χ1v) is 8.11. The van der Waals surface area contributed by atoms with Crippen LogP contribution < -0.4 is 10.6 Å². The van der Waals surface area contributed by atoms with E-state index in [2.05, 4.69) is 4.74 Å². The molecule has 1 aromatic rings.